The summed E-state index contributed by atoms with van der Waals surface area (Å²) in [6, 6.07) is 25.7. The Bertz CT molecular complexity index is 1100. The molecule has 1 atom stereocenters. The number of carbonyl (C=O) groups is 2. The zero-order valence-electron chi connectivity index (χ0n) is 21.2. The standard InChI is InChI=1S/C30H35BrN2O2S/c1-22(2)18-32-30(35)28(17-24-7-5-4-6-8-24)33(19-25-11-9-23(3)10-12-25)29(34)21-36-20-26-13-15-27(31)16-14-26/h4-16,22,28H,17-21H2,1-3H3,(H,32,35)/t28-/m0/s1. The van der Waals surface area contributed by atoms with Crippen molar-refractivity contribution in [2.24, 2.45) is 5.92 Å². The SMILES string of the molecule is Cc1ccc(CN(C(=O)CSCc2ccc(Br)cc2)[C@@H](Cc2ccccc2)C(=O)NCC(C)C)cc1. The molecule has 3 rings (SSSR count). The van der Waals surface area contributed by atoms with Crippen LogP contribution in [0.4, 0.5) is 0 Å². The van der Waals surface area contributed by atoms with E-state index in [1.165, 1.54) is 0 Å². The number of aryl methyl sites for hydroxylation is 1. The minimum Gasteiger partial charge on any atom is -0.354 e. The maximum absolute atomic E-state index is 13.7. The summed E-state index contributed by atoms with van der Waals surface area (Å²) in [5.41, 5.74) is 4.38. The molecule has 0 fully saturated rings. The van der Waals surface area contributed by atoms with Gasteiger partial charge in [0, 0.05) is 29.7 Å². The molecule has 0 bridgehead atoms. The topological polar surface area (TPSA) is 49.4 Å². The minimum atomic E-state index is -0.590. The Morgan fingerprint density at radius 1 is 0.889 bits per heavy atom. The van der Waals surface area contributed by atoms with Crippen molar-refractivity contribution in [3.05, 3.63) is 106 Å². The van der Waals surface area contributed by atoms with Crippen LogP contribution < -0.4 is 5.32 Å². The molecule has 190 valence electrons. The monoisotopic (exact) mass is 566 g/mol. The van der Waals surface area contributed by atoms with Crippen molar-refractivity contribution >= 4 is 39.5 Å². The highest BCUT2D eigenvalue weighted by atomic mass is 79.9. The predicted molar refractivity (Wildman–Crippen MR) is 154 cm³/mol. The van der Waals surface area contributed by atoms with Gasteiger partial charge in [0.1, 0.15) is 6.04 Å². The molecule has 4 nitrogen and oxygen atoms in total. The maximum atomic E-state index is 13.7. The van der Waals surface area contributed by atoms with Crippen LogP contribution in [0.1, 0.15) is 36.1 Å². The number of hydrogen-bond donors (Lipinski definition) is 1. The summed E-state index contributed by atoms with van der Waals surface area (Å²) in [5.74, 6) is 1.24. The fourth-order valence-electron chi connectivity index (χ4n) is 3.79. The van der Waals surface area contributed by atoms with E-state index in [-0.39, 0.29) is 11.8 Å². The van der Waals surface area contributed by atoms with Crippen LogP contribution in [-0.2, 0) is 28.3 Å². The Kier molecular flexibility index (Phi) is 11.1. The smallest absolute Gasteiger partial charge is 0.243 e. The third-order valence-corrected chi connectivity index (χ3v) is 7.35. The zero-order valence-corrected chi connectivity index (χ0v) is 23.6. The molecule has 0 aliphatic carbocycles. The highest BCUT2D eigenvalue weighted by molar-refractivity contribution is 9.10. The van der Waals surface area contributed by atoms with Crippen molar-refractivity contribution in [1.82, 2.24) is 10.2 Å². The van der Waals surface area contributed by atoms with Gasteiger partial charge in [-0.2, -0.15) is 0 Å². The fourth-order valence-corrected chi connectivity index (χ4v) is 4.92. The lowest BCUT2D eigenvalue weighted by Crippen LogP contribution is -2.51. The van der Waals surface area contributed by atoms with Gasteiger partial charge in [0.25, 0.3) is 0 Å². The summed E-state index contributed by atoms with van der Waals surface area (Å²) in [7, 11) is 0. The molecule has 0 aromatic heterocycles. The molecule has 0 aliphatic rings. The molecule has 2 amide bonds. The highest BCUT2D eigenvalue weighted by Crippen LogP contribution is 2.20. The largest absolute Gasteiger partial charge is 0.354 e. The van der Waals surface area contributed by atoms with Gasteiger partial charge in [0.2, 0.25) is 11.8 Å². The Balaban J connectivity index is 1.82. The molecule has 0 saturated heterocycles. The van der Waals surface area contributed by atoms with Crippen LogP contribution in [0.3, 0.4) is 0 Å². The third kappa shape index (κ3) is 9.14. The number of hydrogen-bond acceptors (Lipinski definition) is 3. The first-order valence-corrected chi connectivity index (χ1v) is 14.3. The van der Waals surface area contributed by atoms with Crippen molar-refractivity contribution in [3.63, 3.8) is 0 Å². The normalized spacial score (nSPS) is 11.8. The van der Waals surface area contributed by atoms with Gasteiger partial charge in [-0.25, -0.2) is 0 Å². The summed E-state index contributed by atoms with van der Waals surface area (Å²) in [4.78, 5) is 28.9. The molecular formula is C30H35BrN2O2S. The number of nitrogens with zero attached hydrogens (tertiary/aromatic N) is 1. The van der Waals surface area contributed by atoms with E-state index in [9.17, 15) is 9.59 Å². The molecule has 0 spiro atoms. The number of rotatable bonds is 12. The average Bonchev–Trinajstić information content (AvgIpc) is 2.87. The molecule has 6 heteroatoms. The third-order valence-electron chi connectivity index (χ3n) is 5.84. The summed E-state index contributed by atoms with van der Waals surface area (Å²) >= 11 is 5.04. The predicted octanol–water partition coefficient (Wildman–Crippen LogP) is 6.40. The van der Waals surface area contributed by atoms with Gasteiger partial charge in [-0.05, 0) is 41.7 Å². The van der Waals surface area contributed by atoms with Gasteiger partial charge in [0.15, 0.2) is 0 Å². The van der Waals surface area contributed by atoms with Crippen LogP contribution in [0, 0.1) is 12.8 Å². The quantitative estimate of drug-likeness (QED) is 0.276. The summed E-state index contributed by atoms with van der Waals surface area (Å²) in [5, 5.41) is 3.08. The number of amides is 2. The van der Waals surface area contributed by atoms with E-state index >= 15 is 0 Å². The minimum absolute atomic E-state index is 0.0293. The fraction of sp³-hybridized carbons (Fsp3) is 0.333. The van der Waals surface area contributed by atoms with E-state index in [4.69, 9.17) is 0 Å². The molecule has 0 heterocycles. The number of nitrogens with one attached hydrogen (secondary N) is 1. The summed E-state index contributed by atoms with van der Waals surface area (Å²) in [6.07, 6.45) is 0.472. The van der Waals surface area contributed by atoms with Crippen LogP contribution in [0.15, 0.2) is 83.3 Å². The van der Waals surface area contributed by atoms with Gasteiger partial charge >= 0.3 is 0 Å². The Hall–Kier alpha value is -2.57. The van der Waals surface area contributed by atoms with Crippen molar-refractivity contribution in [3.8, 4) is 0 Å². The molecule has 3 aromatic carbocycles. The van der Waals surface area contributed by atoms with Crippen LogP contribution in [0.5, 0.6) is 0 Å². The van der Waals surface area contributed by atoms with E-state index in [1.807, 2.05) is 73.7 Å². The van der Waals surface area contributed by atoms with Gasteiger partial charge in [0.05, 0.1) is 5.75 Å². The van der Waals surface area contributed by atoms with Crippen molar-refractivity contribution in [1.29, 1.82) is 0 Å². The zero-order chi connectivity index (χ0) is 25.9. The van der Waals surface area contributed by atoms with Crippen LogP contribution in [0.25, 0.3) is 0 Å². The average molecular weight is 568 g/mol. The van der Waals surface area contributed by atoms with Crippen LogP contribution in [-0.4, -0.2) is 35.1 Å². The van der Waals surface area contributed by atoms with Crippen molar-refractivity contribution < 1.29 is 9.59 Å². The van der Waals surface area contributed by atoms with E-state index in [1.54, 1.807) is 16.7 Å². The number of carbonyl (C=O) groups excluding carboxylic acids is 2. The Morgan fingerprint density at radius 2 is 1.53 bits per heavy atom. The second-order valence-electron chi connectivity index (χ2n) is 9.47. The van der Waals surface area contributed by atoms with Crippen molar-refractivity contribution in [2.75, 3.05) is 12.3 Å². The Labute approximate surface area is 228 Å². The summed E-state index contributed by atoms with van der Waals surface area (Å²) < 4.78 is 1.03. The second kappa shape index (κ2) is 14.2. The van der Waals surface area contributed by atoms with Crippen LogP contribution >= 0.6 is 27.7 Å². The second-order valence-corrected chi connectivity index (χ2v) is 11.4. The molecule has 0 saturated carbocycles. The van der Waals surface area contributed by atoms with Crippen LogP contribution in [0.2, 0.25) is 0 Å². The van der Waals surface area contributed by atoms with E-state index in [2.05, 4.69) is 47.2 Å². The van der Waals surface area contributed by atoms with E-state index < -0.39 is 6.04 Å². The first-order chi connectivity index (χ1) is 17.3. The maximum Gasteiger partial charge on any atom is 0.243 e. The molecule has 36 heavy (non-hydrogen) atoms. The van der Waals surface area contributed by atoms with Crippen molar-refractivity contribution in [2.45, 2.75) is 45.5 Å². The highest BCUT2D eigenvalue weighted by Gasteiger charge is 2.30. The van der Waals surface area contributed by atoms with Gasteiger partial charge in [-0.1, -0.05) is 102 Å². The molecular weight excluding hydrogens is 532 g/mol. The van der Waals surface area contributed by atoms with Gasteiger partial charge in [-0.3, -0.25) is 9.59 Å². The molecule has 0 radical (unpaired) electrons. The van der Waals surface area contributed by atoms with Gasteiger partial charge < -0.3 is 10.2 Å². The Morgan fingerprint density at radius 3 is 2.17 bits per heavy atom. The molecule has 0 aliphatic heterocycles. The lowest BCUT2D eigenvalue weighted by Gasteiger charge is -2.32. The van der Waals surface area contributed by atoms with E-state index in [0.29, 0.717) is 31.2 Å². The van der Waals surface area contributed by atoms with E-state index in [0.717, 1.165) is 32.5 Å². The first-order valence-electron chi connectivity index (χ1n) is 12.3. The lowest BCUT2D eigenvalue weighted by atomic mass is 10.0. The molecule has 0 unspecified atom stereocenters. The number of thioether (sulfide) groups is 1. The molecule has 1 N–H and O–H groups in total. The number of benzene rings is 3. The summed E-state index contributed by atoms with van der Waals surface area (Å²) in [6.45, 7) is 7.16. The number of halogens is 1. The molecule has 3 aromatic rings. The lowest BCUT2D eigenvalue weighted by molar-refractivity contribution is -0.139. The van der Waals surface area contributed by atoms with Gasteiger partial charge in [-0.15, -0.1) is 11.8 Å². The first kappa shape index (κ1) is 28.0.